The molecule has 0 fully saturated rings. The van der Waals surface area contributed by atoms with Crippen molar-refractivity contribution in [1.29, 1.82) is 0 Å². The predicted octanol–water partition coefficient (Wildman–Crippen LogP) is 3.76. The minimum Gasteiger partial charge on any atom is -0.465 e. The monoisotopic (exact) mass is 395 g/mol. The number of nitrogens with one attached hydrogen (secondary N) is 1. The van der Waals surface area contributed by atoms with Crippen LogP contribution in [0.5, 0.6) is 0 Å². The van der Waals surface area contributed by atoms with Gasteiger partial charge in [0, 0.05) is 9.75 Å². The molecule has 5 nitrogen and oxygen atoms in total. The Morgan fingerprint density at radius 2 is 1.96 bits per heavy atom. The lowest BCUT2D eigenvalue weighted by Crippen LogP contribution is -2.31. The molecular formula is C19H25NO4S2. The smallest absolute Gasteiger partial charge is 0.321 e. The van der Waals surface area contributed by atoms with Gasteiger partial charge in [-0.25, -0.2) is 8.42 Å². The zero-order valence-electron chi connectivity index (χ0n) is 15.5. The molecule has 0 amide bonds. The van der Waals surface area contributed by atoms with Crippen molar-refractivity contribution in [3.63, 3.8) is 0 Å². The van der Waals surface area contributed by atoms with Crippen LogP contribution in [-0.2, 0) is 26.0 Å². The Morgan fingerprint density at radius 3 is 2.54 bits per heavy atom. The van der Waals surface area contributed by atoms with Crippen LogP contribution in [0, 0.1) is 12.8 Å². The summed E-state index contributed by atoms with van der Waals surface area (Å²) >= 11 is 1.68. The van der Waals surface area contributed by atoms with E-state index in [1.807, 2.05) is 45.0 Å². The maximum atomic E-state index is 12.7. The summed E-state index contributed by atoms with van der Waals surface area (Å²) in [5, 5.41) is 0. The molecule has 26 heavy (non-hydrogen) atoms. The molecule has 7 heteroatoms. The first-order valence-corrected chi connectivity index (χ1v) is 10.9. The highest BCUT2D eigenvalue weighted by atomic mass is 32.2. The molecule has 0 atom stereocenters. The van der Waals surface area contributed by atoms with E-state index in [1.54, 1.807) is 24.3 Å². The van der Waals surface area contributed by atoms with E-state index in [0.717, 1.165) is 16.0 Å². The zero-order valence-corrected chi connectivity index (χ0v) is 17.2. The van der Waals surface area contributed by atoms with Crippen molar-refractivity contribution in [3.05, 3.63) is 40.8 Å². The van der Waals surface area contributed by atoms with Crippen LogP contribution in [0.2, 0.25) is 0 Å². The normalized spacial score (nSPS) is 11.7. The molecule has 1 aromatic heterocycles. The second kappa shape index (κ2) is 8.79. The molecule has 0 aliphatic heterocycles. The van der Waals surface area contributed by atoms with E-state index in [1.165, 1.54) is 4.88 Å². The number of aryl methyl sites for hydroxylation is 1. The number of benzene rings is 1. The number of hydrogen-bond donors (Lipinski definition) is 1. The maximum Gasteiger partial charge on any atom is 0.321 e. The van der Waals surface area contributed by atoms with E-state index in [9.17, 15) is 13.2 Å². The van der Waals surface area contributed by atoms with Gasteiger partial charge in [0.2, 0.25) is 10.0 Å². The van der Waals surface area contributed by atoms with Gasteiger partial charge in [-0.1, -0.05) is 19.9 Å². The Kier molecular flexibility index (Phi) is 6.97. The first kappa shape index (κ1) is 20.6. The molecule has 1 heterocycles. The van der Waals surface area contributed by atoms with Crippen molar-refractivity contribution in [2.75, 3.05) is 13.2 Å². The fourth-order valence-electron chi connectivity index (χ4n) is 2.63. The van der Waals surface area contributed by atoms with Crippen LogP contribution in [0.1, 0.15) is 31.2 Å². The predicted molar refractivity (Wildman–Crippen MR) is 105 cm³/mol. The van der Waals surface area contributed by atoms with Gasteiger partial charge in [-0.3, -0.25) is 4.79 Å². The first-order chi connectivity index (χ1) is 12.2. The number of carbonyl (C=O) groups excluding carboxylic acids is 1. The summed E-state index contributed by atoms with van der Waals surface area (Å²) in [7, 11) is -3.79. The van der Waals surface area contributed by atoms with E-state index in [0.29, 0.717) is 12.3 Å². The Hall–Kier alpha value is -1.70. The van der Waals surface area contributed by atoms with Crippen molar-refractivity contribution < 1.29 is 17.9 Å². The quantitative estimate of drug-likeness (QED) is 0.691. The van der Waals surface area contributed by atoms with E-state index in [2.05, 4.69) is 4.72 Å². The molecule has 1 N–H and O–H groups in total. The molecule has 0 bridgehead atoms. The third-order valence-corrected chi connectivity index (χ3v) is 6.27. The fraction of sp³-hybridized carbons (Fsp3) is 0.421. The van der Waals surface area contributed by atoms with Gasteiger partial charge in [0.15, 0.2) is 0 Å². The lowest BCUT2D eigenvalue weighted by molar-refractivity contribution is -0.141. The lowest BCUT2D eigenvalue weighted by Gasteiger charge is -2.14. The summed E-state index contributed by atoms with van der Waals surface area (Å²) in [5.41, 5.74) is 1.75. The Morgan fingerprint density at radius 1 is 1.23 bits per heavy atom. The number of hydrogen-bond acceptors (Lipinski definition) is 5. The van der Waals surface area contributed by atoms with Gasteiger partial charge in [0.05, 0.1) is 11.5 Å². The number of ether oxygens (including phenoxy) is 1. The number of sulfonamides is 1. The molecule has 142 valence electrons. The van der Waals surface area contributed by atoms with E-state index >= 15 is 0 Å². The molecule has 2 aromatic rings. The second-order valence-electron chi connectivity index (χ2n) is 6.46. The van der Waals surface area contributed by atoms with Gasteiger partial charge in [-0.2, -0.15) is 4.72 Å². The number of rotatable bonds is 8. The largest absolute Gasteiger partial charge is 0.465 e. The van der Waals surface area contributed by atoms with Crippen molar-refractivity contribution in [3.8, 4) is 10.4 Å². The molecule has 0 radical (unpaired) electrons. The van der Waals surface area contributed by atoms with Gasteiger partial charge < -0.3 is 4.74 Å². The Balaban J connectivity index is 2.35. The summed E-state index contributed by atoms with van der Waals surface area (Å²) in [5.74, 6) is -0.290. The molecule has 2 rings (SSSR count). The molecular weight excluding hydrogens is 370 g/mol. The second-order valence-corrected chi connectivity index (χ2v) is 9.48. The SMILES string of the molecule is CCOC(=O)CNS(=O)(=O)c1ccc(-c2ccc(C)s2)cc1CC(C)C. The highest BCUT2D eigenvalue weighted by Crippen LogP contribution is 2.31. The summed E-state index contributed by atoms with van der Waals surface area (Å²) < 4.78 is 32.5. The molecule has 0 saturated carbocycles. The zero-order chi connectivity index (χ0) is 19.3. The fourth-order valence-corrected chi connectivity index (χ4v) is 4.69. The number of carbonyl (C=O) groups is 1. The van der Waals surface area contributed by atoms with E-state index < -0.39 is 16.0 Å². The summed E-state index contributed by atoms with van der Waals surface area (Å²) in [4.78, 5) is 14.0. The third-order valence-electron chi connectivity index (χ3n) is 3.71. The Bertz CT molecular complexity index is 869. The number of esters is 1. The third kappa shape index (κ3) is 5.40. The van der Waals surface area contributed by atoms with Gasteiger partial charge in [-0.15, -0.1) is 11.3 Å². The maximum absolute atomic E-state index is 12.7. The minimum absolute atomic E-state index is 0.215. The van der Waals surface area contributed by atoms with E-state index in [-0.39, 0.29) is 18.0 Å². The molecule has 0 saturated heterocycles. The standard InChI is InChI=1S/C19H25NO4S2/c1-5-24-19(21)12-20-26(22,23)18-9-7-15(11-16(18)10-13(2)3)17-8-6-14(4)25-17/h6-9,11,13,20H,5,10,12H2,1-4H3. The van der Waals surface area contributed by atoms with Crippen LogP contribution in [-0.4, -0.2) is 27.5 Å². The lowest BCUT2D eigenvalue weighted by atomic mass is 10.0. The topological polar surface area (TPSA) is 72.5 Å². The van der Waals surface area contributed by atoms with Crippen molar-refractivity contribution >= 4 is 27.3 Å². The van der Waals surface area contributed by atoms with Crippen molar-refractivity contribution in [2.45, 2.75) is 39.0 Å². The molecule has 1 aromatic carbocycles. The van der Waals surface area contributed by atoms with Crippen molar-refractivity contribution in [1.82, 2.24) is 4.72 Å². The van der Waals surface area contributed by atoms with Gasteiger partial charge >= 0.3 is 5.97 Å². The molecule has 0 aliphatic carbocycles. The van der Waals surface area contributed by atoms with Crippen LogP contribution in [0.25, 0.3) is 10.4 Å². The molecule has 0 unspecified atom stereocenters. The highest BCUT2D eigenvalue weighted by molar-refractivity contribution is 7.89. The first-order valence-electron chi connectivity index (χ1n) is 8.58. The van der Waals surface area contributed by atoms with Crippen LogP contribution < -0.4 is 4.72 Å². The Labute approximate surface area is 159 Å². The molecule has 0 spiro atoms. The average molecular weight is 396 g/mol. The highest BCUT2D eigenvalue weighted by Gasteiger charge is 2.21. The summed E-state index contributed by atoms with van der Waals surface area (Å²) in [6, 6.07) is 9.46. The van der Waals surface area contributed by atoms with Crippen molar-refractivity contribution in [2.24, 2.45) is 5.92 Å². The van der Waals surface area contributed by atoms with E-state index in [4.69, 9.17) is 4.74 Å². The van der Waals surface area contributed by atoms with Crippen LogP contribution in [0.15, 0.2) is 35.2 Å². The van der Waals surface area contributed by atoms with Crippen LogP contribution in [0.3, 0.4) is 0 Å². The number of thiophene rings is 1. The average Bonchev–Trinajstić information content (AvgIpc) is 2.99. The van der Waals surface area contributed by atoms with Crippen LogP contribution >= 0.6 is 11.3 Å². The van der Waals surface area contributed by atoms with Crippen LogP contribution in [0.4, 0.5) is 0 Å². The summed E-state index contributed by atoms with van der Waals surface area (Å²) in [6.45, 7) is 7.66. The minimum atomic E-state index is -3.79. The van der Waals surface area contributed by atoms with Gasteiger partial charge in [0.25, 0.3) is 0 Å². The van der Waals surface area contributed by atoms with Gasteiger partial charge in [-0.05, 0) is 61.6 Å². The molecule has 0 aliphatic rings. The summed E-state index contributed by atoms with van der Waals surface area (Å²) in [6.07, 6.45) is 0.633. The van der Waals surface area contributed by atoms with Gasteiger partial charge in [0.1, 0.15) is 6.54 Å².